The maximum atomic E-state index is 11.2. The molecule has 0 aromatic carbocycles. The van der Waals surface area contributed by atoms with E-state index in [4.69, 9.17) is 4.52 Å². The average Bonchev–Trinajstić information content (AvgIpc) is 2.81. The third-order valence-corrected chi connectivity index (χ3v) is 4.01. The first-order chi connectivity index (χ1) is 7.96. The molecule has 1 aromatic rings. The molecule has 5 nitrogen and oxygen atoms in total. The summed E-state index contributed by atoms with van der Waals surface area (Å²) in [5.74, 6) is 1.06. The lowest BCUT2D eigenvalue weighted by atomic mass is 10.1. The van der Waals surface area contributed by atoms with Crippen molar-refractivity contribution in [1.82, 2.24) is 10.1 Å². The molecule has 1 saturated heterocycles. The minimum atomic E-state index is -2.90. The van der Waals surface area contributed by atoms with Gasteiger partial charge in [-0.15, -0.1) is 0 Å². The van der Waals surface area contributed by atoms with E-state index in [-0.39, 0.29) is 11.8 Å². The lowest BCUT2D eigenvalue weighted by Crippen LogP contribution is -2.28. The maximum Gasteiger partial charge on any atom is 0.154 e. The van der Waals surface area contributed by atoms with Crippen molar-refractivity contribution in [3.8, 4) is 0 Å². The molecule has 6 heteroatoms. The molecule has 1 aliphatic heterocycles. The summed E-state index contributed by atoms with van der Waals surface area (Å²) in [7, 11) is -2.90. The lowest BCUT2D eigenvalue weighted by molar-refractivity contribution is 0.223. The summed E-state index contributed by atoms with van der Waals surface area (Å²) in [4.78, 5) is 2.17. The smallest absolute Gasteiger partial charge is 0.154 e. The number of sulfone groups is 1. The van der Waals surface area contributed by atoms with Gasteiger partial charge < -0.3 is 4.52 Å². The van der Waals surface area contributed by atoms with Crippen LogP contribution in [0.3, 0.4) is 0 Å². The fraction of sp³-hybridized carbons (Fsp3) is 0.727. The molecule has 0 N–H and O–H groups in total. The number of rotatable bonds is 4. The van der Waals surface area contributed by atoms with E-state index in [1.54, 1.807) is 0 Å². The Balaban J connectivity index is 2.02. The summed E-state index contributed by atoms with van der Waals surface area (Å²) in [6.07, 6.45) is 3.36. The number of hydrogen-bond acceptors (Lipinski definition) is 5. The molecule has 0 bridgehead atoms. The summed E-state index contributed by atoms with van der Waals surface area (Å²) in [5, 5.41) is 3.88. The van der Waals surface area contributed by atoms with Crippen molar-refractivity contribution in [3.05, 3.63) is 17.5 Å². The van der Waals surface area contributed by atoms with E-state index in [9.17, 15) is 8.42 Å². The first-order valence-electron chi connectivity index (χ1n) is 5.81. The summed E-state index contributed by atoms with van der Waals surface area (Å²) < 4.78 is 27.6. The molecule has 0 radical (unpaired) electrons. The Morgan fingerprint density at radius 2 is 2.35 bits per heavy atom. The van der Waals surface area contributed by atoms with Gasteiger partial charge in [0.05, 0.1) is 17.5 Å². The second-order valence-corrected chi connectivity index (χ2v) is 6.95. The SMILES string of the molecule is Cc1cc([C@@H]2CCCN2CCS(C)(=O)=O)on1. The van der Waals surface area contributed by atoms with Crippen molar-refractivity contribution >= 4 is 9.84 Å². The van der Waals surface area contributed by atoms with Crippen molar-refractivity contribution in [1.29, 1.82) is 0 Å². The summed E-state index contributed by atoms with van der Waals surface area (Å²) >= 11 is 0. The molecule has 1 fully saturated rings. The number of aromatic nitrogens is 1. The highest BCUT2D eigenvalue weighted by Gasteiger charge is 2.29. The van der Waals surface area contributed by atoms with Gasteiger partial charge in [-0.3, -0.25) is 4.90 Å². The van der Waals surface area contributed by atoms with Crippen LogP contribution >= 0.6 is 0 Å². The van der Waals surface area contributed by atoms with Crippen LogP contribution in [0.15, 0.2) is 10.6 Å². The van der Waals surface area contributed by atoms with Gasteiger partial charge in [-0.2, -0.15) is 0 Å². The summed E-state index contributed by atoms with van der Waals surface area (Å²) in [6.45, 7) is 3.39. The molecule has 0 spiro atoms. The Hall–Kier alpha value is -0.880. The van der Waals surface area contributed by atoms with Gasteiger partial charge in [0, 0.05) is 18.9 Å². The zero-order chi connectivity index (χ0) is 12.5. The first-order valence-corrected chi connectivity index (χ1v) is 7.87. The molecule has 0 amide bonds. The minimum absolute atomic E-state index is 0.193. The monoisotopic (exact) mass is 258 g/mol. The van der Waals surface area contributed by atoms with Gasteiger partial charge in [-0.05, 0) is 26.3 Å². The number of hydrogen-bond donors (Lipinski definition) is 0. The molecule has 0 saturated carbocycles. The Kier molecular flexibility index (Phi) is 3.53. The molecule has 0 unspecified atom stereocenters. The molecule has 2 rings (SSSR count). The van der Waals surface area contributed by atoms with Crippen LogP contribution in [0.4, 0.5) is 0 Å². The highest BCUT2D eigenvalue weighted by molar-refractivity contribution is 7.90. The van der Waals surface area contributed by atoms with Crippen LogP contribution in [0.5, 0.6) is 0 Å². The number of nitrogens with zero attached hydrogens (tertiary/aromatic N) is 2. The Labute approximate surface area is 102 Å². The summed E-state index contributed by atoms with van der Waals surface area (Å²) in [6, 6.07) is 2.13. The van der Waals surface area contributed by atoms with Gasteiger partial charge in [-0.1, -0.05) is 5.16 Å². The average molecular weight is 258 g/mol. The molecule has 1 atom stereocenters. The lowest BCUT2D eigenvalue weighted by Gasteiger charge is -2.21. The molecule has 2 heterocycles. The van der Waals surface area contributed by atoms with Crippen LogP contribution in [-0.4, -0.2) is 43.6 Å². The fourth-order valence-electron chi connectivity index (χ4n) is 2.24. The van der Waals surface area contributed by atoms with Gasteiger partial charge in [0.15, 0.2) is 5.76 Å². The van der Waals surface area contributed by atoms with E-state index in [1.807, 2.05) is 13.0 Å². The second kappa shape index (κ2) is 4.78. The number of likely N-dealkylation sites (tertiary alicyclic amines) is 1. The molecule has 96 valence electrons. The van der Waals surface area contributed by atoms with Crippen LogP contribution in [0.25, 0.3) is 0 Å². The minimum Gasteiger partial charge on any atom is -0.359 e. The highest BCUT2D eigenvalue weighted by atomic mass is 32.2. The molecule has 1 aromatic heterocycles. The predicted molar refractivity (Wildman–Crippen MR) is 64.5 cm³/mol. The zero-order valence-electron chi connectivity index (χ0n) is 10.2. The third-order valence-electron chi connectivity index (χ3n) is 3.09. The van der Waals surface area contributed by atoms with Crippen molar-refractivity contribution in [2.45, 2.75) is 25.8 Å². The van der Waals surface area contributed by atoms with Crippen molar-refractivity contribution in [3.63, 3.8) is 0 Å². The molecule has 1 aliphatic rings. The quantitative estimate of drug-likeness (QED) is 0.811. The van der Waals surface area contributed by atoms with E-state index in [1.165, 1.54) is 6.26 Å². The molecular weight excluding hydrogens is 240 g/mol. The standard InChI is InChI=1S/C11H18N2O3S/c1-9-8-11(16-12-9)10-4-3-5-13(10)6-7-17(2,14)15/h8,10H,3-7H2,1-2H3/t10-/m0/s1. The van der Waals surface area contributed by atoms with Gasteiger partial charge in [0.25, 0.3) is 0 Å². The molecule has 0 aliphatic carbocycles. The van der Waals surface area contributed by atoms with Crippen molar-refractivity contribution in [2.75, 3.05) is 25.1 Å². The first kappa shape index (κ1) is 12.6. The zero-order valence-corrected chi connectivity index (χ0v) is 11.0. The van der Waals surface area contributed by atoms with Crippen molar-refractivity contribution in [2.24, 2.45) is 0 Å². The maximum absolute atomic E-state index is 11.2. The van der Waals surface area contributed by atoms with Crippen LogP contribution in [0, 0.1) is 6.92 Å². The van der Waals surface area contributed by atoms with Crippen LogP contribution < -0.4 is 0 Å². The van der Waals surface area contributed by atoms with Gasteiger partial charge in [-0.25, -0.2) is 8.42 Å². The summed E-state index contributed by atoms with van der Waals surface area (Å²) in [5.41, 5.74) is 0.870. The van der Waals surface area contributed by atoms with E-state index in [0.29, 0.717) is 6.54 Å². The normalized spacial score (nSPS) is 22.1. The highest BCUT2D eigenvalue weighted by Crippen LogP contribution is 2.31. The molecular formula is C11H18N2O3S. The van der Waals surface area contributed by atoms with Crippen LogP contribution in [0.2, 0.25) is 0 Å². The third kappa shape index (κ3) is 3.29. The largest absolute Gasteiger partial charge is 0.359 e. The van der Waals surface area contributed by atoms with E-state index < -0.39 is 9.84 Å². The topological polar surface area (TPSA) is 63.4 Å². The van der Waals surface area contributed by atoms with Crippen LogP contribution in [0.1, 0.15) is 30.3 Å². The van der Waals surface area contributed by atoms with E-state index >= 15 is 0 Å². The molecule has 17 heavy (non-hydrogen) atoms. The fourth-order valence-corrected chi connectivity index (χ4v) is 2.81. The van der Waals surface area contributed by atoms with Crippen molar-refractivity contribution < 1.29 is 12.9 Å². The van der Waals surface area contributed by atoms with E-state index in [2.05, 4.69) is 10.1 Å². The van der Waals surface area contributed by atoms with E-state index in [0.717, 1.165) is 30.8 Å². The predicted octanol–water partition coefficient (Wildman–Crippen LogP) is 1.16. The van der Waals surface area contributed by atoms with Gasteiger partial charge in [0.1, 0.15) is 9.84 Å². The Morgan fingerprint density at radius 1 is 1.59 bits per heavy atom. The Morgan fingerprint density at radius 3 is 2.94 bits per heavy atom. The van der Waals surface area contributed by atoms with Crippen LogP contribution in [-0.2, 0) is 9.84 Å². The number of aryl methyl sites for hydroxylation is 1. The second-order valence-electron chi connectivity index (χ2n) is 4.69. The van der Waals surface area contributed by atoms with Gasteiger partial charge >= 0.3 is 0 Å². The Bertz CT molecular complexity index is 481. The van der Waals surface area contributed by atoms with Gasteiger partial charge in [0.2, 0.25) is 0 Å².